The van der Waals surface area contributed by atoms with Gasteiger partial charge in [0.15, 0.2) is 0 Å². The number of carbonyl (C=O) groups excluding carboxylic acids is 1. The number of hydrogen-bond donors (Lipinski definition) is 3. The van der Waals surface area contributed by atoms with Gasteiger partial charge in [0.1, 0.15) is 0 Å². The second kappa shape index (κ2) is 9.34. The predicted octanol–water partition coefficient (Wildman–Crippen LogP) is 1.53. The molecule has 1 rings (SSSR count). The van der Waals surface area contributed by atoms with Crippen molar-refractivity contribution in [3.8, 4) is 0 Å². The maximum atomic E-state index is 12.0. The summed E-state index contributed by atoms with van der Waals surface area (Å²) in [6.45, 7) is 4.00. The number of nitrogens with one attached hydrogen (secondary N) is 2. The van der Waals surface area contributed by atoms with Gasteiger partial charge in [0.25, 0.3) is 0 Å². The van der Waals surface area contributed by atoms with Crippen molar-refractivity contribution in [2.45, 2.75) is 69.7 Å². The first-order valence-corrected chi connectivity index (χ1v) is 9.01. The van der Waals surface area contributed by atoms with Gasteiger partial charge in [-0.3, -0.25) is 4.21 Å². The van der Waals surface area contributed by atoms with Crippen molar-refractivity contribution >= 4 is 16.8 Å². The van der Waals surface area contributed by atoms with Crippen LogP contribution < -0.4 is 10.6 Å². The summed E-state index contributed by atoms with van der Waals surface area (Å²) in [5, 5.41) is 14.7. The topological polar surface area (TPSA) is 78.4 Å². The van der Waals surface area contributed by atoms with Crippen LogP contribution in [0.2, 0.25) is 0 Å². The molecule has 0 aromatic heterocycles. The fourth-order valence-electron chi connectivity index (χ4n) is 2.69. The lowest BCUT2D eigenvalue weighted by Crippen LogP contribution is -2.52. The third kappa shape index (κ3) is 5.79. The second-order valence-electron chi connectivity index (χ2n) is 5.48. The van der Waals surface area contributed by atoms with Crippen LogP contribution in [0.3, 0.4) is 0 Å². The number of aliphatic hydroxyl groups is 1. The van der Waals surface area contributed by atoms with E-state index in [2.05, 4.69) is 10.6 Å². The summed E-state index contributed by atoms with van der Waals surface area (Å²) in [6.07, 6.45) is 5.48. The normalized spacial score (nSPS) is 25.8. The van der Waals surface area contributed by atoms with E-state index in [-0.39, 0.29) is 30.0 Å². The zero-order valence-electron chi connectivity index (χ0n) is 12.6. The highest BCUT2D eigenvalue weighted by molar-refractivity contribution is 7.85. The average Bonchev–Trinajstić information content (AvgIpc) is 2.44. The van der Waals surface area contributed by atoms with Crippen LogP contribution in [-0.4, -0.2) is 45.0 Å². The van der Waals surface area contributed by atoms with Crippen LogP contribution in [-0.2, 0) is 10.8 Å². The number of aliphatic hydroxyl groups excluding tert-OH is 1. The highest BCUT2D eigenvalue weighted by Gasteiger charge is 2.30. The SMILES string of the molecule is CCS(=O)C1CCCCC1NC(=O)NC(C)CCCO. The summed E-state index contributed by atoms with van der Waals surface area (Å²) in [5.74, 6) is 0.650. The van der Waals surface area contributed by atoms with Crippen molar-refractivity contribution in [3.05, 3.63) is 0 Å². The zero-order chi connectivity index (χ0) is 15.0. The lowest BCUT2D eigenvalue weighted by molar-refractivity contribution is 0.227. The van der Waals surface area contributed by atoms with Crippen molar-refractivity contribution in [2.24, 2.45) is 0 Å². The van der Waals surface area contributed by atoms with Crippen molar-refractivity contribution in [1.29, 1.82) is 0 Å². The zero-order valence-corrected chi connectivity index (χ0v) is 13.4. The Hall–Kier alpha value is -0.620. The van der Waals surface area contributed by atoms with Gasteiger partial charge in [-0.05, 0) is 32.6 Å². The van der Waals surface area contributed by atoms with E-state index < -0.39 is 10.8 Å². The van der Waals surface area contributed by atoms with Crippen molar-refractivity contribution in [1.82, 2.24) is 10.6 Å². The molecule has 20 heavy (non-hydrogen) atoms. The van der Waals surface area contributed by atoms with Gasteiger partial charge in [-0.25, -0.2) is 4.79 Å². The van der Waals surface area contributed by atoms with Gasteiger partial charge in [0, 0.05) is 35.2 Å². The lowest BCUT2D eigenvalue weighted by atomic mass is 9.95. The number of amides is 2. The van der Waals surface area contributed by atoms with Crippen molar-refractivity contribution in [3.63, 3.8) is 0 Å². The smallest absolute Gasteiger partial charge is 0.315 e. The molecule has 0 spiro atoms. The monoisotopic (exact) mass is 304 g/mol. The van der Waals surface area contributed by atoms with Crippen LogP contribution >= 0.6 is 0 Å². The summed E-state index contributed by atoms with van der Waals surface area (Å²) in [5.41, 5.74) is 0. The second-order valence-corrected chi connectivity index (χ2v) is 7.43. The van der Waals surface area contributed by atoms with Gasteiger partial charge >= 0.3 is 6.03 Å². The molecule has 0 saturated heterocycles. The minimum absolute atomic E-state index is 0.0228. The van der Waals surface area contributed by atoms with Crippen LogP contribution in [0.4, 0.5) is 4.79 Å². The number of hydrogen-bond acceptors (Lipinski definition) is 3. The Labute approximate surface area is 124 Å². The summed E-state index contributed by atoms with van der Waals surface area (Å²) in [7, 11) is -0.853. The Kier molecular flexibility index (Phi) is 8.14. The summed E-state index contributed by atoms with van der Waals surface area (Å²) >= 11 is 0. The van der Waals surface area contributed by atoms with E-state index in [1.165, 1.54) is 0 Å². The molecule has 1 aliphatic rings. The maximum Gasteiger partial charge on any atom is 0.315 e. The Morgan fingerprint density at radius 2 is 2.10 bits per heavy atom. The fraction of sp³-hybridized carbons (Fsp3) is 0.929. The summed E-state index contributed by atoms with van der Waals surface area (Å²) in [6, 6.07) is -0.115. The molecule has 118 valence electrons. The van der Waals surface area contributed by atoms with Gasteiger partial charge < -0.3 is 15.7 Å². The molecule has 0 aliphatic heterocycles. The highest BCUT2D eigenvalue weighted by atomic mass is 32.2. The maximum absolute atomic E-state index is 12.0. The molecular formula is C14H28N2O3S. The molecule has 1 aliphatic carbocycles. The van der Waals surface area contributed by atoms with Crippen molar-refractivity contribution in [2.75, 3.05) is 12.4 Å². The van der Waals surface area contributed by atoms with E-state index in [9.17, 15) is 9.00 Å². The van der Waals surface area contributed by atoms with Crippen LogP contribution in [0.1, 0.15) is 52.4 Å². The van der Waals surface area contributed by atoms with Gasteiger partial charge in [-0.2, -0.15) is 0 Å². The molecule has 4 atom stereocenters. The van der Waals surface area contributed by atoms with Gasteiger partial charge in [0.05, 0.1) is 5.25 Å². The Balaban J connectivity index is 2.43. The van der Waals surface area contributed by atoms with E-state index >= 15 is 0 Å². The lowest BCUT2D eigenvalue weighted by Gasteiger charge is -2.31. The minimum atomic E-state index is -0.853. The van der Waals surface area contributed by atoms with Gasteiger partial charge in [0.2, 0.25) is 0 Å². The molecule has 1 saturated carbocycles. The third-order valence-electron chi connectivity index (χ3n) is 3.81. The van der Waals surface area contributed by atoms with Crippen LogP contribution in [0, 0.1) is 0 Å². The first-order valence-electron chi connectivity index (χ1n) is 7.63. The van der Waals surface area contributed by atoms with E-state index in [1.807, 2.05) is 13.8 Å². The van der Waals surface area contributed by atoms with E-state index in [0.717, 1.165) is 32.1 Å². The first kappa shape index (κ1) is 17.4. The van der Waals surface area contributed by atoms with Crippen LogP contribution in [0.5, 0.6) is 0 Å². The van der Waals surface area contributed by atoms with E-state index in [0.29, 0.717) is 12.2 Å². The quantitative estimate of drug-likeness (QED) is 0.667. The molecule has 3 N–H and O–H groups in total. The Morgan fingerprint density at radius 3 is 2.75 bits per heavy atom. The van der Waals surface area contributed by atoms with Crippen molar-refractivity contribution < 1.29 is 14.1 Å². The predicted molar refractivity (Wildman–Crippen MR) is 82.2 cm³/mol. The number of carbonyl (C=O) groups is 1. The third-order valence-corrected chi connectivity index (χ3v) is 5.62. The molecule has 0 aromatic rings. The number of urea groups is 1. The minimum Gasteiger partial charge on any atom is -0.396 e. The fourth-order valence-corrected chi connectivity index (χ4v) is 4.12. The largest absolute Gasteiger partial charge is 0.396 e. The molecule has 0 bridgehead atoms. The summed E-state index contributed by atoms with van der Waals surface area (Å²) < 4.78 is 12.0. The van der Waals surface area contributed by atoms with Crippen LogP contribution in [0.15, 0.2) is 0 Å². The van der Waals surface area contributed by atoms with Gasteiger partial charge in [-0.15, -0.1) is 0 Å². The number of rotatable bonds is 7. The standard InChI is InChI=1S/C14H28N2O3S/c1-3-20(19)13-9-5-4-8-12(13)16-14(18)15-11(2)7-6-10-17/h11-13,17H,3-10H2,1-2H3,(H2,15,16,18). The summed E-state index contributed by atoms with van der Waals surface area (Å²) in [4.78, 5) is 12.0. The average molecular weight is 304 g/mol. The van der Waals surface area contributed by atoms with E-state index in [4.69, 9.17) is 5.11 Å². The molecular weight excluding hydrogens is 276 g/mol. The molecule has 4 unspecified atom stereocenters. The Bertz CT molecular complexity index is 326. The van der Waals surface area contributed by atoms with Gasteiger partial charge in [-0.1, -0.05) is 19.8 Å². The van der Waals surface area contributed by atoms with E-state index in [1.54, 1.807) is 0 Å². The first-order chi connectivity index (χ1) is 9.58. The molecule has 2 amide bonds. The Morgan fingerprint density at radius 1 is 1.40 bits per heavy atom. The highest BCUT2D eigenvalue weighted by Crippen LogP contribution is 2.23. The molecule has 0 aromatic carbocycles. The van der Waals surface area contributed by atoms with Crippen LogP contribution in [0.25, 0.3) is 0 Å². The molecule has 6 heteroatoms. The molecule has 0 radical (unpaired) electrons. The molecule has 5 nitrogen and oxygen atoms in total. The molecule has 1 fully saturated rings. The molecule has 0 heterocycles.